The average Bonchev–Trinajstić information content (AvgIpc) is 2.90. The first kappa shape index (κ1) is 25.1. The van der Waals surface area contributed by atoms with Crippen molar-refractivity contribution in [3.63, 3.8) is 0 Å². The Hall–Kier alpha value is -5.05. The van der Waals surface area contributed by atoms with Crippen LogP contribution < -0.4 is 16.0 Å². The average molecular weight is 487 g/mol. The zero-order valence-electron chi connectivity index (χ0n) is 20.7. The van der Waals surface area contributed by atoms with Crippen LogP contribution in [0.15, 0.2) is 73.1 Å². The summed E-state index contributed by atoms with van der Waals surface area (Å²) in [6, 6.07) is 21.2. The van der Waals surface area contributed by atoms with E-state index in [1.54, 1.807) is 24.4 Å². The van der Waals surface area contributed by atoms with Crippen molar-refractivity contribution in [1.29, 1.82) is 10.5 Å². The summed E-state index contributed by atoms with van der Waals surface area (Å²) in [6.07, 6.45) is 6.85. The van der Waals surface area contributed by atoms with Gasteiger partial charge in [-0.15, -0.1) is 0 Å². The van der Waals surface area contributed by atoms with E-state index in [4.69, 9.17) is 20.5 Å². The first-order chi connectivity index (χ1) is 18.0. The van der Waals surface area contributed by atoms with Crippen LogP contribution in [0.1, 0.15) is 33.5 Å². The minimum Gasteiger partial charge on any atom is -0.340 e. The number of nitrogens with zero attached hydrogens (tertiary/aromatic N) is 5. The molecule has 4 aromatic rings. The molecule has 2 aromatic carbocycles. The van der Waals surface area contributed by atoms with Crippen molar-refractivity contribution in [3.8, 4) is 12.1 Å². The predicted octanol–water partition coefficient (Wildman–Crippen LogP) is 5.67. The SMILES string of the molecule is Cc1cc(C=CC#N)cc(C)c1Nc1cc(CNCc2cccnc2)nc(Nc2ccc(C#N)cc2)n1. The summed E-state index contributed by atoms with van der Waals surface area (Å²) in [5, 5.41) is 28.0. The number of hydrogen-bond donors (Lipinski definition) is 3. The molecule has 0 atom stereocenters. The molecule has 0 saturated heterocycles. The number of nitriles is 2. The van der Waals surface area contributed by atoms with Crippen molar-refractivity contribution in [2.45, 2.75) is 26.9 Å². The molecule has 0 spiro atoms. The number of pyridine rings is 1. The molecule has 0 aliphatic carbocycles. The van der Waals surface area contributed by atoms with Crippen molar-refractivity contribution in [3.05, 3.63) is 107 Å². The van der Waals surface area contributed by atoms with Gasteiger partial charge in [0.2, 0.25) is 5.95 Å². The molecule has 0 aliphatic heterocycles. The Bertz CT molecular complexity index is 1460. The maximum atomic E-state index is 9.07. The van der Waals surface area contributed by atoms with Crippen molar-refractivity contribution in [2.24, 2.45) is 0 Å². The summed E-state index contributed by atoms with van der Waals surface area (Å²) < 4.78 is 0. The lowest BCUT2D eigenvalue weighted by Crippen LogP contribution is -2.15. The smallest absolute Gasteiger partial charge is 0.229 e. The van der Waals surface area contributed by atoms with Crippen LogP contribution in [-0.2, 0) is 13.1 Å². The maximum absolute atomic E-state index is 9.07. The van der Waals surface area contributed by atoms with Gasteiger partial charge in [0.15, 0.2) is 0 Å². The quantitative estimate of drug-likeness (QED) is 0.259. The second kappa shape index (κ2) is 12.1. The fraction of sp³-hybridized carbons (Fsp3) is 0.138. The number of hydrogen-bond acceptors (Lipinski definition) is 8. The summed E-state index contributed by atoms with van der Waals surface area (Å²) in [4.78, 5) is 13.5. The molecule has 0 unspecified atom stereocenters. The van der Waals surface area contributed by atoms with Crippen LogP contribution in [0.5, 0.6) is 0 Å². The Morgan fingerprint density at radius 3 is 2.38 bits per heavy atom. The molecule has 8 nitrogen and oxygen atoms in total. The number of allylic oxidation sites excluding steroid dienone is 1. The fourth-order valence-corrected chi connectivity index (χ4v) is 3.85. The van der Waals surface area contributed by atoms with E-state index < -0.39 is 0 Å². The number of aromatic nitrogens is 3. The molecule has 182 valence electrons. The summed E-state index contributed by atoms with van der Waals surface area (Å²) in [7, 11) is 0. The van der Waals surface area contributed by atoms with Gasteiger partial charge >= 0.3 is 0 Å². The van der Waals surface area contributed by atoms with E-state index in [0.717, 1.165) is 39.3 Å². The zero-order valence-corrected chi connectivity index (χ0v) is 20.7. The molecule has 0 aliphatic rings. The van der Waals surface area contributed by atoms with Crippen LogP contribution in [0.25, 0.3) is 6.08 Å². The van der Waals surface area contributed by atoms with E-state index in [1.165, 1.54) is 6.08 Å². The largest absolute Gasteiger partial charge is 0.340 e. The molecule has 2 aromatic heterocycles. The number of rotatable bonds is 9. The Morgan fingerprint density at radius 1 is 0.919 bits per heavy atom. The molecule has 2 heterocycles. The molecule has 0 radical (unpaired) electrons. The lowest BCUT2D eigenvalue weighted by atomic mass is 10.0. The van der Waals surface area contributed by atoms with E-state index in [9.17, 15) is 0 Å². The van der Waals surface area contributed by atoms with Gasteiger partial charge < -0.3 is 16.0 Å². The third-order valence-electron chi connectivity index (χ3n) is 5.57. The van der Waals surface area contributed by atoms with Gasteiger partial charge in [0.1, 0.15) is 5.82 Å². The second-order valence-electron chi connectivity index (χ2n) is 8.46. The lowest BCUT2D eigenvalue weighted by Gasteiger charge is -2.16. The molecule has 0 fully saturated rings. The highest BCUT2D eigenvalue weighted by atomic mass is 15.2. The summed E-state index contributed by atoms with van der Waals surface area (Å²) in [5.74, 6) is 1.09. The van der Waals surface area contributed by atoms with Crippen molar-refractivity contribution < 1.29 is 0 Å². The first-order valence-corrected chi connectivity index (χ1v) is 11.7. The molecule has 3 N–H and O–H groups in total. The van der Waals surface area contributed by atoms with Crippen molar-refractivity contribution >= 4 is 29.2 Å². The molecule has 0 bridgehead atoms. The standard InChI is InChI=1S/C29H26N8/c1-20-13-23(5-3-11-30)14-21(2)28(20)36-27-15-26(19-33-18-24-6-4-12-32-17-24)35-29(37-27)34-25-9-7-22(16-31)8-10-25/h3-10,12-15,17,33H,18-19H2,1-2H3,(H2,34,35,36,37). The van der Waals surface area contributed by atoms with Crippen LogP contribution in [0.2, 0.25) is 0 Å². The Balaban J connectivity index is 1.60. The summed E-state index contributed by atoms with van der Waals surface area (Å²) >= 11 is 0. The molecule has 37 heavy (non-hydrogen) atoms. The van der Waals surface area contributed by atoms with E-state index in [1.807, 2.05) is 68.6 Å². The minimum atomic E-state index is 0.441. The van der Waals surface area contributed by atoms with E-state index >= 15 is 0 Å². The summed E-state index contributed by atoms with van der Waals surface area (Å²) in [6.45, 7) is 5.23. The van der Waals surface area contributed by atoms with Crippen LogP contribution in [0, 0.1) is 36.5 Å². The Kier molecular flexibility index (Phi) is 8.18. The highest BCUT2D eigenvalue weighted by molar-refractivity contribution is 5.69. The second-order valence-corrected chi connectivity index (χ2v) is 8.46. The Labute approximate surface area is 216 Å². The highest BCUT2D eigenvalue weighted by Gasteiger charge is 2.10. The lowest BCUT2D eigenvalue weighted by molar-refractivity contribution is 0.677. The third kappa shape index (κ3) is 6.98. The zero-order chi connectivity index (χ0) is 26.0. The van der Waals surface area contributed by atoms with Gasteiger partial charge in [-0.2, -0.15) is 15.5 Å². The monoisotopic (exact) mass is 486 g/mol. The van der Waals surface area contributed by atoms with E-state index in [-0.39, 0.29) is 0 Å². The van der Waals surface area contributed by atoms with E-state index in [2.05, 4.69) is 27.0 Å². The highest BCUT2D eigenvalue weighted by Crippen LogP contribution is 2.27. The van der Waals surface area contributed by atoms with Crippen LogP contribution in [0.4, 0.5) is 23.1 Å². The number of nitrogens with one attached hydrogen (secondary N) is 3. The predicted molar refractivity (Wildman–Crippen MR) is 145 cm³/mol. The van der Waals surface area contributed by atoms with Gasteiger partial charge in [-0.3, -0.25) is 4.98 Å². The maximum Gasteiger partial charge on any atom is 0.229 e. The molecular formula is C29H26N8. The number of anilines is 4. The normalized spacial score (nSPS) is 10.6. The molecule has 4 rings (SSSR count). The van der Waals surface area contributed by atoms with Crippen LogP contribution >= 0.6 is 0 Å². The molecule has 0 amide bonds. The van der Waals surface area contributed by atoms with Gasteiger partial charge in [0, 0.05) is 49.0 Å². The topological polar surface area (TPSA) is 122 Å². The van der Waals surface area contributed by atoms with Crippen LogP contribution in [-0.4, -0.2) is 15.0 Å². The van der Waals surface area contributed by atoms with E-state index in [0.29, 0.717) is 30.4 Å². The van der Waals surface area contributed by atoms with Crippen molar-refractivity contribution in [1.82, 2.24) is 20.3 Å². The fourth-order valence-electron chi connectivity index (χ4n) is 3.85. The van der Waals surface area contributed by atoms with Crippen LogP contribution in [0.3, 0.4) is 0 Å². The summed E-state index contributed by atoms with van der Waals surface area (Å²) in [5.41, 5.74) is 7.25. The first-order valence-electron chi connectivity index (χ1n) is 11.7. The van der Waals surface area contributed by atoms with Gasteiger partial charge in [-0.25, -0.2) is 4.98 Å². The van der Waals surface area contributed by atoms with Gasteiger partial charge in [0.25, 0.3) is 0 Å². The number of aryl methyl sites for hydroxylation is 2. The number of benzene rings is 2. The van der Waals surface area contributed by atoms with Gasteiger partial charge in [-0.05, 0) is 84.6 Å². The Morgan fingerprint density at radius 2 is 1.70 bits per heavy atom. The van der Waals surface area contributed by atoms with Gasteiger partial charge in [0.05, 0.1) is 23.4 Å². The van der Waals surface area contributed by atoms with Crippen molar-refractivity contribution in [2.75, 3.05) is 10.6 Å². The minimum absolute atomic E-state index is 0.441. The van der Waals surface area contributed by atoms with Gasteiger partial charge in [-0.1, -0.05) is 6.07 Å². The molecule has 0 saturated carbocycles. The third-order valence-corrected chi connectivity index (χ3v) is 5.57. The molecular weight excluding hydrogens is 460 g/mol. The molecule has 8 heteroatoms.